The molecule has 0 bridgehead atoms. The minimum absolute atomic E-state index is 0.284. The molecule has 0 saturated heterocycles. The maximum Gasteiger partial charge on any atom is 0.284 e. The molecule has 3 aromatic rings. The zero-order valence-corrected chi connectivity index (χ0v) is 17.7. The molecule has 1 amide bonds. The number of carbonyl (C=O) groups excluding carboxylic acids is 1. The van der Waals surface area contributed by atoms with Gasteiger partial charge in [0.2, 0.25) is 12.2 Å². The lowest BCUT2D eigenvalue weighted by atomic mass is 10.2. The van der Waals surface area contributed by atoms with Gasteiger partial charge in [0.25, 0.3) is 5.91 Å². The summed E-state index contributed by atoms with van der Waals surface area (Å²) in [6.07, 6.45) is 2.54. The second kappa shape index (κ2) is 8.85. The number of para-hydroxylation sites is 3. The molecule has 8 nitrogen and oxygen atoms in total. The Bertz CT molecular complexity index is 1190. The van der Waals surface area contributed by atoms with E-state index in [9.17, 15) is 10.1 Å². The van der Waals surface area contributed by atoms with Gasteiger partial charge in [-0.25, -0.2) is 4.98 Å². The van der Waals surface area contributed by atoms with E-state index >= 15 is 0 Å². The molecule has 2 heterocycles. The number of aromatic nitrogens is 1. The monoisotopic (exact) mass is 431 g/mol. The second-order valence-corrected chi connectivity index (χ2v) is 8.16. The highest BCUT2D eigenvalue weighted by Gasteiger charge is 2.25. The fourth-order valence-corrected chi connectivity index (χ4v) is 4.34. The molecule has 1 aromatic heterocycles. The number of hydrogen-bond acceptors (Lipinski definition) is 6. The summed E-state index contributed by atoms with van der Waals surface area (Å²) >= 11 is 1.35. The van der Waals surface area contributed by atoms with Crippen molar-refractivity contribution in [2.75, 3.05) is 22.9 Å². The maximum absolute atomic E-state index is 12.7. The summed E-state index contributed by atoms with van der Waals surface area (Å²) in [5.74, 6) is 0.201. The van der Waals surface area contributed by atoms with Gasteiger partial charge in [0.1, 0.15) is 0 Å². The zero-order valence-electron chi connectivity index (χ0n) is 16.9. The van der Waals surface area contributed by atoms with E-state index in [0.717, 1.165) is 21.8 Å². The number of nitrogen functional groups attached to an aromatic ring is 1. The molecule has 31 heavy (non-hydrogen) atoms. The first kappa shape index (κ1) is 20.4. The summed E-state index contributed by atoms with van der Waals surface area (Å²) in [5, 5.41) is 15.6. The summed E-state index contributed by atoms with van der Waals surface area (Å²) in [4.78, 5) is 24.2. The van der Waals surface area contributed by atoms with Gasteiger partial charge in [-0.15, -0.1) is 16.3 Å². The number of aliphatic imine (C=N–C) groups is 1. The number of nitrogens with zero attached hydrogens (tertiary/aromatic N) is 4. The number of thiazole rings is 1. The molecule has 0 spiro atoms. The SMILES string of the molecule is Cc1ccccc1N/C(=N\C#N)N1CCc2nc(C(=O)Nc3ccccc3N)sc2C1. The fraction of sp³-hybridized carbons (Fsp3) is 0.182. The Morgan fingerprint density at radius 3 is 2.68 bits per heavy atom. The van der Waals surface area contributed by atoms with Crippen molar-refractivity contribution < 1.29 is 4.79 Å². The molecule has 0 atom stereocenters. The van der Waals surface area contributed by atoms with Crippen molar-refractivity contribution in [3.8, 4) is 6.19 Å². The number of fused-ring (bicyclic) bond motifs is 1. The van der Waals surface area contributed by atoms with Crippen LogP contribution in [-0.2, 0) is 13.0 Å². The third-order valence-corrected chi connectivity index (χ3v) is 6.06. The molecule has 4 rings (SSSR count). The molecular weight excluding hydrogens is 410 g/mol. The van der Waals surface area contributed by atoms with Gasteiger partial charge in [0.15, 0.2) is 5.01 Å². The van der Waals surface area contributed by atoms with E-state index in [1.54, 1.807) is 12.1 Å². The molecule has 0 aliphatic carbocycles. The van der Waals surface area contributed by atoms with Gasteiger partial charge in [0, 0.05) is 23.5 Å². The summed E-state index contributed by atoms with van der Waals surface area (Å²) in [5.41, 5.74) is 9.84. The molecule has 1 aliphatic heterocycles. The van der Waals surface area contributed by atoms with E-state index in [-0.39, 0.29) is 5.91 Å². The van der Waals surface area contributed by atoms with E-state index in [1.165, 1.54) is 11.3 Å². The van der Waals surface area contributed by atoms with Crippen LogP contribution in [-0.4, -0.2) is 28.3 Å². The van der Waals surface area contributed by atoms with Crippen molar-refractivity contribution in [1.82, 2.24) is 9.88 Å². The predicted molar refractivity (Wildman–Crippen MR) is 123 cm³/mol. The number of anilines is 3. The quantitative estimate of drug-likeness (QED) is 0.252. The number of rotatable bonds is 3. The molecule has 0 fully saturated rings. The van der Waals surface area contributed by atoms with Gasteiger partial charge in [-0.1, -0.05) is 30.3 Å². The van der Waals surface area contributed by atoms with E-state index in [4.69, 9.17) is 5.73 Å². The predicted octanol–water partition coefficient (Wildman–Crippen LogP) is 3.59. The molecule has 0 unspecified atom stereocenters. The first-order valence-corrected chi connectivity index (χ1v) is 10.6. The molecule has 0 saturated carbocycles. The Kier molecular flexibility index (Phi) is 5.82. The number of nitrogens with one attached hydrogen (secondary N) is 2. The van der Waals surface area contributed by atoms with Crippen molar-refractivity contribution in [3.63, 3.8) is 0 Å². The van der Waals surface area contributed by atoms with E-state index in [0.29, 0.717) is 41.9 Å². The zero-order chi connectivity index (χ0) is 21.8. The summed E-state index contributed by atoms with van der Waals surface area (Å²) in [6, 6.07) is 14.9. The van der Waals surface area contributed by atoms with Crippen molar-refractivity contribution in [1.29, 1.82) is 5.26 Å². The summed E-state index contributed by atoms with van der Waals surface area (Å²) in [7, 11) is 0. The number of benzene rings is 2. The van der Waals surface area contributed by atoms with Crippen LogP contribution < -0.4 is 16.4 Å². The van der Waals surface area contributed by atoms with Crippen LogP contribution >= 0.6 is 11.3 Å². The van der Waals surface area contributed by atoms with Crippen molar-refractivity contribution in [2.45, 2.75) is 19.9 Å². The molecule has 2 aromatic carbocycles. The molecule has 1 aliphatic rings. The van der Waals surface area contributed by atoms with Crippen LogP contribution in [0.5, 0.6) is 0 Å². The minimum atomic E-state index is -0.284. The lowest BCUT2D eigenvalue weighted by Gasteiger charge is -2.29. The Labute approximate surface area is 184 Å². The van der Waals surface area contributed by atoms with Gasteiger partial charge in [-0.3, -0.25) is 4.79 Å². The van der Waals surface area contributed by atoms with Crippen LogP contribution in [0.25, 0.3) is 0 Å². The Hall–Kier alpha value is -3.90. The molecule has 4 N–H and O–H groups in total. The third kappa shape index (κ3) is 4.49. The first-order valence-electron chi connectivity index (χ1n) is 9.74. The van der Waals surface area contributed by atoms with Crippen LogP contribution in [0.1, 0.15) is 25.9 Å². The lowest BCUT2D eigenvalue weighted by Crippen LogP contribution is -2.39. The highest BCUT2D eigenvalue weighted by atomic mass is 32.1. The van der Waals surface area contributed by atoms with Crippen LogP contribution in [0.4, 0.5) is 17.1 Å². The standard InChI is InChI=1S/C22H21N7OS/c1-14-6-2-4-8-16(14)28-22(25-13-23)29-11-10-18-19(12-29)31-21(27-18)20(30)26-17-9-5-3-7-15(17)24/h2-9H,10-12,24H2,1H3,(H,25,28)(H,26,30). The summed E-state index contributed by atoms with van der Waals surface area (Å²) in [6.45, 7) is 3.16. The van der Waals surface area contributed by atoms with Crippen LogP contribution in [0.3, 0.4) is 0 Å². The van der Waals surface area contributed by atoms with Crippen LogP contribution in [0, 0.1) is 18.4 Å². The normalized spacial score (nSPS) is 13.3. The molecule has 0 radical (unpaired) electrons. The molecule has 156 valence electrons. The average Bonchev–Trinajstić information content (AvgIpc) is 3.20. The first-order chi connectivity index (χ1) is 15.0. The topological polar surface area (TPSA) is 119 Å². The fourth-order valence-electron chi connectivity index (χ4n) is 3.32. The number of hydrogen-bond donors (Lipinski definition) is 3. The van der Waals surface area contributed by atoms with Gasteiger partial charge < -0.3 is 21.3 Å². The number of aryl methyl sites for hydroxylation is 1. The highest BCUT2D eigenvalue weighted by Crippen LogP contribution is 2.27. The number of nitriles is 1. The van der Waals surface area contributed by atoms with Gasteiger partial charge in [-0.05, 0) is 30.7 Å². The van der Waals surface area contributed by atoms with Crippen molar-refractivity contribution in [2.24, 2.45) is 4.99 Å². The smallest absolute Gasteiger partial charge is 0.284 e. The minimum Gasteiger partial charge on any atom is -0.397 e. The van der Waals surface area contributed by atoms with Crippen LogP contribution in [0.15, 0.2) is 53.5 Å². The summed E-state index contributed by atoms with van der Waals surface area (Å²) < 4.78 is 0. The molecular formula is C22H21N7OS. The molecule has 9 heteroatoms. The van der Waals surface area contributed by atoms with Gasteiger partial charge >= 0.3 is 0 Å². The van der Waals surface area contributed by atoms with Gasteiger partial charge in [-0.2, -0.15) is 5.26 Å². The van der Waals surface area contributed by atoms with Gasteiger partial charge in [0.05, 0.1) is 23.6 Å². The Morgan fingerprint density at radius 2 is 1.94 bits per heavy atom. The second-order valence-electron chi connectivity index (χ2n) is 7.08. The number of amides is 1. The Balaban J connectivity index is 1.50. The maximum atomic E-state index is 12.7. The van der Waals surface area contributed by atoms with Crippen molar-refractivity contribution in [3.05, 3.63) is 69.7 Å². The lowest BCUT2D eigenvalue weighted by molar-refractivity contribution is 0.102. The van der Waals surface area contributed by atoms with Crippen molar-refractivity contribution >= 4 is 40.3 Å². The largest absolute Gasteiger partial charge is 0.397 e. The number of nitrogens with two attached hydrogens (primary N) is 1. The van der Waals surface area contributed by atoms with E-state index in [1.807, 2.05) is 54.4 Å². The Morgan fingerprint density at radius 1 is 1.19 bits per heavy atom. The van der Waals surface area contributed by atoms with E-state index in [2.05, 4.69) is 20.6 Å². The number of carbonyl (C=O) groups is 1. The third-order valence-electron chi connectivity index (χ3n) is 4.98. The van der Waals surface area contributed by atoms with Crippen LogP contribution in [0.2, 0.25) is 0 Å². The van der Waals surface area contributed by atoms with E-state index < -0.39 is 0 Å². The number of guanidine groups is 1. The average molecular weight is 432 g/mol. The highest BCUT2D eigenvalue weighted by molar-refractivity contribution is 7.13.